The van der Waals surface area contributed by atoms with Crippen molar-refractivity contribution in [3.8, 4) is 5.75 Å². The molecule has 19 heavy (non-hydrogen) atoms. The normalized spacial score (nSPS) is 11.7. The molecule has 0 aromatic heterocycles. The first-order chi connectivity index (χ1) is 8.86. The van der Waals surface area contributed by atoms with Crippen LogP contribution < -0.4 is 0 Å². The van der Waals surface area contributed by atoms with Gasteiger partial charge in [0.25, 0.3) is 0 Å². The number of fused-ring (bicyclic) bond motifs is 1. The molecule has 2 N–H and O–H groups in total. The third kappa shape index (κ3) is 2.28. The number of aromatic hydroxyl groups is 1. The van der Waals surface area contributed by atoms with Crippen LogP contribution in [-0.4, -0.2) is 16.2 Å². The summed E-state index contributed by atoms with van der Waals surface area (Å²) in [4.78, 5) is 11.0. The molecule has 0 radical (unpaired) electrons. The summed E-state index contributed by atoms with van der Waals surface area (Å²) < 4.78 is 0. The molecule has 100 valence electrons. The van der Waals surface area contributed by atoms with Gasteiger partial charge in [-0.25, -0.2) is 4.79 Å². The van der Waals surface area contributed by atoms with E-state index >= 15 is 0 Å². The predicted octanol–water partition coefficient (Wildman–Crippen LogP) is 3.93. The Kier molecular flexibility index (Phi) is 3.23. The van der Waals surface area contributed by atoms with E-state index < -0.39 is 5.97 Å². The average molecular weight is 258 g/mol. The second kappa shape index (κ2) is 4.57. The quantitative estimate of drug-likeness (QED) is 0.877. The molecule has 0 heterocycles. The first kappa shape index (κ1) is 13.4. The molecule has 0 spiro atoms. The summed E-state index contributed by atoms with van der Waals surface area (Å²) in [5.41, 5.74) is 1.04. The van der Waals surface area contributed by atoms with E-state index in [1.54, 1.807) is 6.07 Å². The summed E-state index contributed by atoms with van der Waals surface area (Å²) >= 11 is 0. The van der Waals surface area contributed by atoms with E-state index in [9.17, 15) is 9.90 Å². The van der Waals surface area contributed by atoms with Gasteiger partial charge in [-0.05, 0) is 34.9 Å². The minimum absolute atomic E-state index is 0.000141. The maximum atomic E-state index is 11.0. The van der Waals surface area contributed by atoms with Crippen molar-refractivity contribution in [2.75, 3.05) is 0 Å². The second-order valence-corrected chi connectivity index (χ2v) is 5.44. The molecule has 3 nitrogen and oxygen atoms in total. The van der Waals surface area contributed by atoms with Gasteiger partial charge in [-0.3, -0.25) is 0 Å². The highest BCUT2D eigenvalue weighted by Crippen LogP contribution is 2.34. The maximum Gasteiger partial charge on any atom is 0.339 e. The molecule has 2 aromatic carbocycles. The first-order valence-electron chi connectivity index (χ1n) is 6.36. The van der Waals surface area contributed by atoms with E-state index in [-0.39, 0.29) is 16.7 Å². The first-order valence-corrected chi connectivity index (χ1v) is 6.36. The van der Waals surface area contributed by atoms with Gasteiger partial charge in [0.2, 0.25) is 0 Å². The van der Waals surface area contributed by atoms with E-state index in [1.165, 1.54) is 6.07 Å². The molecule has 0 atom stereocenters. The zero-order valence-electron chi connectivity index (χ0n) is 11.4. The van der Waals surface area contributed by atoms with Gasteiger partial charge >= 0.3 is 5.97 Å². The van der Waals surface area contributed by atoms with Gasteiger partial charge in [0.05, 0.1) is 0 Å². The lowest BCUT2D eigenvalue weighted by Gasteiger charge is -2.23. The van der Waals surface area contributed by atoms with Crippen molar-refractivity contribution in [2.45, 2.75) is 32.6 Å². The summed E-state index contributed by atoms with van der Waals surface area (Å²) in [5, 5.41) is 20.6. The monoisotopic (exact) mass is 258 g/mol. The number of rotatable bonds is 3. The van der Waals surface area contributed by atoms with E-state index in [0.29, 0.717) is 5.39 Å². The van der Waals surface area contributed by atoms with E-state index in [1.807, 2.05) is 18.2 Å². The van der Waals surface area contributed by atoms with Crippen LogP contribution in [0.4, 0.5) is 0 Å². The summed E-state index contributed by atoms with van der Waals surface area (Å²) in [6, 6.07) is 9.01. The third-order valence-electron chi connectivity index (χ3n) is 3.89. The minimum Gasteiger partial charge on any atom is -0.506 e. The lowest BCUT2D eigenvalue weighted by molar-refractivity contribution is 0.0694. The number of hydrogen-bond donors (Lipinski definition) is 2. The van der Waals surface area contributed by atoms with Crippen LogP contribution in [0.1, 0.15) is 43.1 Å². The van der Waals surface area contributed by atoms with Crippen LogP contribution in [0.15, 0.2) is 30.3 Å². The summed E-state index contributed by atoms with van der Waals surface area (Å²) in [6.45, 7) is 6.37. The Hall–Kier alpha value is -2.03. The number of carbonyl (C=O) groups is 1. The average Bonchev–Trinajstić information content (AvgIpc) is 2.38. The van der Waals surface area contributed by atoms with Crippen LogP contribution >= 0.6 is 0 Å². The highest BCUT2D eigenvalue weighted by molar-refractivity contribution is 6.00. The lowest BCUT2D eigenvalue weighted by Crippen LogP contribution is -2.15. The zero-order chi connectivity index (χ0) is 14.2. The molecule has 0 saturated carbocycles. The molecule has 0 saturated heterocycles. The fourth-order valence-corrected chi connectivity index (χ4v) is 2.10. The molecule has 3 heteroatoms. The highest BCUT2D eigenvalue weighted by atomic mass is 16.4. The standard InChI is InChI=1S/C16H18O3/c1-4-16(2,3)11-7-5-10-6-8-12(15(18)19)14(17)13(10)9-11/h5-9,17H,4H2,1-3H3,(H,18,19). The number of carboxylic acids is 1. The molecule has 0 bridgehead atoms. The fraction of sp³-hybridized carbons (Fsp3) is 0.312. The molecular weight excluding hydrogens is 240 g/mol. The second-order valence-electron chi connectivity index (χ2n) is 5.44. The van der Waals surface area contributed by atoms with Gasteiger partial charge in [0.15, 0.2) is 0 Å². The Labute approximate surface area is 112 Å². The summed E-state index contributed by atoms with van der Waals surface area (Å²) in [5.74, 6) is -1.27. The summed E-state index contributed by atoms with van der Waals surface area (Å²) in [6.07, 6.45) is 0.970. The minimum atomic E-state index is -1.11. The Morgan fingerprint density at radius 1 is 1.21 bits per heavy atom. The van der Waals surface area contributed by atoms with Gasteiger partial charge < -0.3 is 10.2 Å². The number of phenols is 1. The smallest absolute Gasteiger partial charge is 0.339 e. The third-order valence-corrected chi connectivity index (χ3v) is 3.89. The molecule has 2 rings (SSSR count). The highest BCUT2D eigenvalue weighted by Gasteiger charge is 2.20. The van der Waals surface area contributed by atoms with Gasteiger partial charge in [0.1, 0.15) is 11.3 Å². The van der Waals surface area contributed by atoms with Crippen LogP contribution in [0.2, 0.25) is 0 Å². The van der Waals surface area contributed by atoms with Gasteiger partial charge in [0, 0.05) is 5.39 Å². The topological polar surface area (TPSA) is 57.5 Å². The Balaban J connectivity index is 2.70. The van der Waals surface area contributed by atoms with Gasteiger partial charge in [-0.1, -0.05) is 39.0 Å². The molecule has 0 fully saturated rings. The van der Waals surface area contributed by atoms with Crippen molar-refractivity contribution in [3.05, 3.63) is 41.5 Å². The molecule has 0 aliphatic heterocycles. The van der Waals surface area contributed by atoms with Crippen molar-refractivity contribution in [3.63, 3.8) is 0 Å². The molecular formula is C16H18O3. The van der Waals surface area contributed by atoms with E-state index in [4.69, 9.17) is 5.11 Å². The fourth-order valence-electron chi connectivity index (χ4n) is 2.10. The Morgan fingerprint density at radius 3 is 2.42 bits per heavy atom. The predicted molar refractivity (Wildman–Crippen MR) is 75.9 cm³/mol. The SMILES string of the molecule is CCC(C)(C)c1ccc2ccc(C(=O)O)c(O)c2c1. The number of carboxylic acid groups (broad SMARTS) is 1. The zero-order valence-corrected chi connectivity index (χ0v) is 11.4. The van der Waals surface area contributed by atoms with Gasteiger partial charge in [-0.2, -0.15) is 0 Å². The molecule has 0 aliphatic carbocycles. The van der Waals surface area contributed by atoms with Crippen molar-refractivity contribution in [1.29, 1.82) is 0 Å². The molecule has 0 unspecified atom stereocenters. The number of hydrogen-bond acceptors (Lipinski definition) is 2. The van der Waals surface area contributed by atoms with Crippen LogP contribution in [0.5, 0.6) is 5.75 Å². The number of aromatic carboxylic acids is 1. The van der Waals surface area contributed by atoms with Crippen LogP contribution in [-0.2, 0) is 5.41 Å². The van der Waals surface area contributed by atoms with Crippen LogP contribution in [0.25, 0.3) is 10.8 Å². The van der Waals surface area contributed by atoms with Crippen molar-refractivity contribution in [1.82, 2.24) is 0 Å². The number of benzene rings is 2. The largest absolute Gasteiger partial charge is 0.506 e. The Bertz CT molecular complexity index is 642. The van der Waals surface area contributed by atoms with E-state index in [2.05, 4.69) is 20.8 Å². The van der Waals surface area contributed by atoms with Gasteiger partial charge in [-0.15, -0.1) is 0 Å². The van der Waals surface area contributed by atoms with Crippen LogP contribution in [0, 0.1) is 0 Å². The van der Waals surface area contributed by atoms with E-state index in [0.717, 1.165) is 17.4 Å². The summed E-state index contributed by atoms with van der Waals surface area (Å²) in [7, 11) is 0. The molecule has 2 aromatic rings. The van der Waals surface area contributed by atoms with Crippen LogP contribution in [0.3, 0.4) is 0 Å². The molecule has 0 aliphatic rings. The lowest BCUT2D eigenvalue weighted by atomic mass is 9.81. The van der Waals surface area contributed by atoms with Crippen molar-refractivity contribution < 1.29 is 15.0 Å². The Morgan fingerprint density at radius 2 is 1.84 bits per heavy atom. The maximum absolute atomic E-state index is 11.0. The van der Waals surface area contributed by atoms with Crippen molar-refractivity contribution in [2.24, 2.45) is 0 Å². The molecule has 0 amide bonds. The van der Waals surface area contributed by atoms with Crippen molar-refractivity contribution >= 4 is 16.7 Å².